The van der Waals surface area contributed by atoms with Gasteiger partial charge in [-0.1, -0.05) is 32.9 Å². The highest BCUT2D eigenvalue weighted by Crippen LogP contribution is 2.25. The van der Waals surface area contributed by atoms with E-state index in [2.05, 4.69) is 32.7 Å². The zero-order chi connectivity index (χ0) is 12.6. The van der Waals surface area contributed by atoms with Gasteiger partial charge in [0, 0.05) is 4.90 Å². The van der Waals surface area contributed by atoms with Gasteiger partial charge in [0.25, 0.3) is 0 Å². The average molecular weight is 239 g/mol. The zero-order valence-corrected chi connectivity index (χ0v) is 11.6. The Bertz CT molecular complexity index is 467. The highest BCUT2D eigenvalue weighted by atomic mass is 32.2. The smallest absolute Gasteiger partial charge is 0.0553 e. The summed E-state index contributed by atoms with van der Waals surface area (Å²) >= 11 is 0. The third kappa shape index (κ3) is 2.66. The van der Waals surface area contributed by atoms with Gasteiger partial charge in [0.2, 0.25) is 0 Å². The summed E-state index contributed by atoms with van der Waals surface area (Å²) in [6.07, 6.45) is 0. The topological polar surface area (TPSA) is 20.3 Å². The molecule has 0 saturated carbocycles. The van der Waals surface area contributed by atoms with Gasteiger partial charge in [-0.15, -0.1) is 0 Å². The minimum absolute atomic E-state index is 0.0673. The van der Waals surface area contributed by atoms with Crippen molar-refractivity contribution in [2.75, 3.05) is 14.1 Å². The van der Waals surface area contributed by atoms with E-state index in [-0.39, 0.29) is 5.41 Å². The van der Waals surface area contributed by atoms with Gasteiger partial charge >= 0.3 is 0 Å². The Hall–Kier alpha value is -0.800. The zero-order valence-electron chi connectivity index (χ0n) is 10.8. The van der Waals surface area contributed by atoms with Gasteiger partial charge in [-0.2, -0.15) is 0 Å². The third-order valence-corrected chi connectivity index (χ3v) is 4.83. The maximum atomic E-state index is 12.4. The molecule has 0 heterocycles. The van der Waals surface area contributed by atoms with Crippen LogP contribution in [0.5, 0.6) is 0 Å². The van der Waals surface area contributed by atoms with Crippen molar-refractivity contribution in [3.8, 4) is 0 Å². The molecule has 0 fully saturated rings. The second kappa shape index (κ2) is 4.22. The molecule has 0 aliphatic rings. The van der Waals surface area contributed by atoms with E-state index in [9.17, 15) is 4.21 Å². The molecule has 1 rings (SSSR count). The fourth-order valence-electron chi connectivity index (χ4n) is 1.37. The Morgan fingerprint density at radius 1 is 1.25 bits per heavy atom. The molecule has 1 aromatic carbocycles. The van der Waals surface area contributed by atoms with E-state index >= 15 is 0 Å². The highest BCUT2D eigenvalue weighted by molar-refractivity contribution is 7.98. The van der Waals surface area contributed by atoms with Crippen molar-refractivity contribution in [3.63, 3.8) is 0 Å². The Morgan fingerprint density at radius 2 is 1.81 bits per heavy atom. The van der Waals surface area contributed by atoms with Gasteiger partial charge in [0.1, 0.15) is 0 Å². The van der Waals surface area contributed by atoms with Crippen LogP contribution in [0.25, 0.3) is 0 Å². The number of hydrogen-bond donors (Lipinski definition) is 0. The lowest BCUT2D eigenvalue weighted by Crippen LogP contribution is -2.22. The van der Waals surface area contributed by atoms with E-state index < -0.39 is 9.71 Å². The molecule has 0 amide bonds. The summed E-state index contributed by atoms with van der Waals surface area (Å²) in [5.74, 6) is 3.82. The molecule has 0 spiro atoms. The van der Waals surface area contributed by atoms with Gasteiger partial charge < -0.3 is 0 Å². The van der Waals surface area contributed by atoms with Crippen molar-refractivity contribution in [3.05, 3.63) is 29.8 Å². The number of hydrogen-bond acceptors (Lipinski definition) is 1. The molecule has 2 nitrogen and oxygen atoms in total. The maximum absolute atomic E-state index is 12.4. The average Bonchev–Trinajstić information content (AvgIpc) is 2.16. The third-order valence-electron chi connectivity index (χ3n) is 2.66. The van der Waals surface area contributed by atoms with E-state index in [0.29, 0.717) is 0 Å². The molecule has 3 heteroatoms. The quantitative estimate of drug-likeness (QED) is 0.726. The summed E-state index contributed by atoms with van der Waals surface area (Å²) < 4.78 is 14.1. The van der Waals surface area contributed by atoms with Crippen LogP contribution in [0.1, 0.15) is 26.3 Å². The van der Waals surface area contributed by atoms with Crippen molar-refractivity contribution in [1.29, 1.82) is 0 Å². The number of rotatable bonds is 2. The first kappa shape index (κ1) is 13.3. The van der Waals surface area contributed by atoms with Crippen LogP contribution in [0.2, 0.25) is 0 Å². The molecular weight excluding hydrogens is 218 g/mol. The van der Waals surface area contributed by atoms with Gasteiger partial charge in [0.05, 0.1) is 9.71 Å². The maximum Gasteiger partial charge on any atom is 0.0553 e. The van der Waals surface area contributed by atoms with Gasteiger partial charge in [0.15, 0.2) is 0 Å². The van der Waals surface area contributed by atoms with Crippen molar-refractivity contribution < 1.29 is 4.21 Å². The van der Waals surface area contributed by atoms with Gasteiger partial charge in [-0.05, 0) is 43.1 Å². The SMILES string of the molecule is C=S(=O)(c1cccc(C(C)(C)C)c1)N(C)C. The fraction of sp³-hybridized carbons (Fsp3) is 0.462. The van der Waals surface area contributed by atoms with E-state index in [0.717, 1.165) is 4.90 Å². The fourth-order valence-corrected chi connectivity index (χ4v) is 2.40. The molecule has 1 atom stereocenters. The van der Waals surface area contributed by atoms with E-state index in [1.807, 2.05) is 18.2 Å². The summed E-state index contributed by atoms with van der Waals surface area (Å²) in [6.45, 7) is 6.44. The molecule has 0 saturated heterocycles. The van der Waals surface area contributed by atoms with E-state index in [1.165, 1.54) is 5.56 Å². The van der Waals surface area contributed by atoms with E-state index in [4.69, 9.17) is 0 Å². The van der Waals surface area contributed by atoms with Crippen LogP contribution in [0, 0.1) is 0 Å². The molecule has 90 valence electrons. The first-order chi connectivity index (χ1) is 7.15. The monoisotopic (exact) mass is 239 g/mol. The summed E-state index contributed by atoms with van der Waals surface area (Å²) in [4.78, 5) is 0.796. The lowest BCUT2D eigenvalue weighted by molar-refractivity contribution is 0.584. The molecule has 0 aliphatic heterocycles. The van der Waals surface area contributed by atoms with E-state index in [1.54, 1.807) is 18.4 Å². The lowest BCUT2D eigenvalue weighted by atomic mass is 9.87. The molecule has 0 aliphatic carbocycles. The molecular formula is C13H21NOS. The standard InChI is InChI=1S/C13H21NOS/c1-13(2,3)11-8-7-9-12(10-11)16(6,15)14(4)5/h7-10H,6H2,1-5H3. The highest BCUT2D eigenvalue weighted by Gasteiger charge is 2.17. The van der Waals surface area contributed by atoms with Gasteiger partial charge in [-0.25, -0.2) is 8.51 Å². The molecule has 1 aromatic rings. The lowest BCUT2D eigenvalue weighted by Gasteiger charge is -2.22. The Balaban J connectivity index is 3.30. The molecule has 0 radical (unpaired) electrons. The van der Waals surface area contributed by atoms with Crippen molar-refractivity contribution in [1.82, 2.24) is 4.31 Å². The predicted molar refractivity (Wildman–Crippen MR) is 72.4 cm³/mol. The first-order valence-corrected chi connectivity index (χ1v) is 6.99. The first-order valence-electron chi connectivity index (χ1n) is 5.31. The van der Waals surface area contributed by atoms with Crippen LogP contribution >= 0.6 is 0 Å². The second-order valence-electron chi connectivity index (χ2n) is 5.23. The Labute approximate surface area is 99.4 Å². The van der Waals surface area contributed by atoms with Crippen molar-refractivity contribution >= 4 is 15.6 Å². The second-order valence-corrected chi connectivity index (χ2v) is 7.71. The van der Waals surface area contributed by atoms with Crippen LogP contribution in [-0.4, -0.2) is 28.5 Å². The van der Waals surface area contributed by atoms with Crippen LogP contribution < -0.4 is 0 Å². The molecule has 1 unspecified atom stereocenters. The Kier molecular flexibility index (Phi) is 3.50. The minimum Gasteiger partial charge on any atom is -0.248 e. The molecule has 0 N–H and O–H groups in total. The summed E-state index contributed by atoms with van der Waals surface area (Å²) in [5.41, 5.74) is 1.25. The summed E-state index contributed by atoms with van der Waals surface area (Å²) in [5, 5.41) is 0. The minimum atomic E-state index is -2.33. The largest absolute Gasteiger partial charge is 0.248 e. The molecule has 16 heavy (non-hydrogen) atoms. The van der Waals surface area contributed by atoms with Crippen LogP contribution in [0.15, 0.2) is 29.2 Å². The number of benzene rings is 1. The van der Waals surface area contributed by atoms with Crippen molar-refractivity contribution in [2.45, 2.75) is 31.1 Å². The normalized spacial score (nSPS) is 16.1. The number of nitrogens with zero attached hydrogens (tertiary/aromatic N) is 1. The molecule has 0 aromatic heterocycles. The summed E-state index contributed by atoms with van der Waals surface area (Å²) in [7, 11) is 1.26. The van der Waals surface area contributed by atoms with Crippen LogP contribution in [-0.2, 0) is 15.1 Å². The van der Waals surface area contributed by atoms with Gasteiger partial charge in [-0.3, -0.25) is 0 Å². The summed E-state index contributed by atoms with van der Waals surface area (Å²) in [6, 6.07) is 7.89. The predicted octanol–water partition coefficient (Wildman–Crippen LogP) is 2.54. The van der Waals surface area contributed by atoms with Crippen LogP contribution in [0.3, 0.4) is 0 Å². The van der Waals surface area contributed by atoms with Crippen molar-refractivity contribution in [2.24, 2.45) is 0 Å². The van der Waals surface area contributed by atoms with Crippen LogP contribution in [0.4, 0.5) is 0 Å². The molecule has 0 bridgehead atoms. The Morgan fingerprint density at radius 3 is 2.25 bits per heavy atom.